The van der Waals surface area contributed by atoms with Crippen LogP contribution in [0.1, 0.15) is 38.8 Å². The summed E-state index contributed by atoms with van der Waals surface area (Å²) in [4.78, 5) is 16.3. The highest BCUT2D eigenvalue weighted by Crippen LogP contribution is 2.18. The van der Waals surface area contributed by atoms with Gasteiger partial charge in [0.1, 0.15) is 5.75 Å². The second-order valence-electron chi connectivity index (χ2n) is 8.01. The molecule has 0 aliphatic carbocycles. The van der Waals surface area contributed by atoms with E-state index in [4.69, 9.17) is 15.5 Å². The first-order valence-electron chi connectivity index (χ1n) is 9.84. The molecule has 29 heavy (non-hydrogen) atoms. The van der Waals surface area contributed by atoms with Gasteiger partial charge in [0.2, 0.25) is 5.91 Å². The van der Waals surface area contributed by atoms with Crippen molar-refractivity contribution in [1.82, 2.24) is 5.32 Å². The molecule has 0 fully saturated rings. The van der Waals surface area contributed by atoms with Crippen molar-refractivity contribution in [3.63, 3.8) is 0 Å². The third-order valence-electron chi connectivity index (χ3n) is 4.52. The molecule has 0 aliphatic rings. The number of carbonyl (C=O) groups excluding carboxylic acids is 1. The highest BCUT2D eigenvalue weighted by Gasteiger charge is 2.25. The molecule has 156 valence electrons. The van der Waals surface area contributed by atoms with Crippen molar-refractivity contribution in [2.75, 3.05) is 11.9 Å². The number of aliphatic imine (C=N–C) groups is 1. The van der Waals surface area contributed by atoms with Crippen molar-refractivity contribution in [3.05, 3.63) is 59.7 Å². The molecule has 0 atom stereocenters. The molecular weight excluding hydrogens is 364 g/mol. The Bertz CT molecular complexity index is 842. The van der Waals surface area contributed by atoms with Crippen molar-refractivity contribution in [1.29, 1.82) is 0 Å². The number of primary amides is 1. The number of ether oxygens (including phenoxy) is 1. The van der Waals surface area contributed by atoms with Gasteiger partial charge < -0.3 is 21.1 Å². The van der Waals surface area contributed by atoms with E-state index in [0.29, 0.717) is 19.0 Å². The van der Waals surface area contributed by atoms with Gasteiger partial charge in [-0.1, -0.05) is 24.3 Å². The van der Waals surface area contributed by atoms with Crippen LogP contribution in [0.3, 0.4) is 0 Å². The van der Waals surface area contributed by atoms with Crippen LogP contribution in [0.15, 0.2) is 53.5 Å². The second-order valence-corrected chi connectivity index (χ2v) is 8.01. The summed E-state index contributed by atoms with van der Waals surface area (Å²) in [6.07, 6.45) is 0.123. The van der Waals surface area contributed by atoms with Crippen molar-refractivity contribution in [2.45, 2.75) is 47.3 Å². The lowest BCUT2D eigenvalue weighted by Gasteiger charge is -2.23. The average molecular weight is 397 g/mol. The molecule has 0 saturated carbocycles. The lowest BCUT2D eigenvalue weighted by Crippen LogP contribution is -2.44. The minimum absolute atomic E-state index is 0.123. The van der Waals surface area contributed by atoms with Crippen LogP contribution in [0.25, 0.3) is 0 Å². The third-order valence-corrected chi connectivity index (χ3v) is 4.52. The van der Waals surface area contributed by atoms with Crippen LogP contribution in [0.5, 0.6) is 5.75 Å². The van der Waals surface area contributed by atoms with E-state index >= 15 is 0 Å². The Morgan fingerprint density at radius 1 is 1.14 bits per heavy atom. The molecule has 2 aromatic carbocycles. The molecule has 2 rings (SSSR count). The lowest BCUT2D eigenvalue weighted by molar-refractivity contribution is -0.125. The van der Waals surface area contributed by atoms with E-state index < -0.39 is 5.41 Å². The van der Waals surface area contributed by atoms with E-state index in [1.165, 1.54) is 5.56 Å². The molecule has 0 spiro atoms. The van der Waals surface area contributed by atoms with Gasteiger partial charge in [0.05, 0.1) is 18.1 Å². The summed E-state index contributed by atoms with van der Waals surface area (Å²) in [7, 11) is 0. The van der Waals surface area contributed by atoms with Gasteiger partial charge in [-0.05, 0) is 70.0 Å². The quantitative estimate of drug-likeness (QED) is 0.467. The number of rotatable bonds is 8. The van der Waals surface area contributed by atoms with Crippen molar-refractivity contribution < 1.29 is 9.53 Å². The Balaban J connectivity index is 2.16. The Hall–Kier alpha value is -3.02. The topological polar surface area (TPSA) is 88.7 Å². The van der Waals surface area contributed by atoms with Crippen LogP contribution in [0, 0.1) is 12.3 Å². The molecule has 4 N–H and O–H groups in total. The van der Waals surface area contributed by atoms with Gasteiger partial charge in [-0.2, -0.15) is 0 Å². The number of hydrogen-bond donors (Lipinski definition) is 3. The van der Waals surface area contributed by atoms with Crippen LogP contribution in [-0.4, -0.2) is 24.5 Å². The molecule has 0 heterocycles. The van der Waals surface area contributed by atoms with Crippen LogP contribution in [0.4, 0.5) is 5.69 Å². The van der Waals surface area contributed by atoms with Gasteiger partial charge in [0.25, 0.3) is 0 Å². The maximum atomic E-state index is 11.6. The summed E-state index contributed by atoms with van der Waals surface area (Å²) in [5.74, 6) is 1.03. The highest BCUT2D eigenvalue weighted by molar-refractivity contribution is 5.94. The zero-order chi connectivity index (χ0) is 21.4. The van der Waals surface area contributed by atoms with Gasteiger partial charge in [-0.25, -0.2) is 4.99 Å². The molecule has 2 aromatic rings. The summed E-state index contributed by atoms with van der Waals surface area (Å²) < 4.78 is 5.69. The first kappa shape index (κ1) is 22.3. The minimum atomic E-state index is -0.694. The van der Waals surface area contributed by atoms with Crippen molar-refractivity contribution >= 4 is 17.6 Å². The molecular formula is C23H32N4O2. The number of guanidine groups is 1. The predicted molar refractivity (Wildman–Crippen MR) is 119 cm³/mol. The van der Waals surface area contributed by atoms with Gasteiger partial charge >= 0.3 is 0 Å². The van der Waals surface area contributed by atoms with Gasteiger partial charge in [-0.15, -0.1) is 0 Å². The van der Waals surface area contributed by atoms with Crippen LogP contribution >= 0.6 is 0 Å². The fourth-order valence-electron chi connectivity index (χ4n) is 2.51. The number of nitrogens with zero attached hydrogens (tertiary/aromatic N) is 1. The lowest BCUT2D eigenvalue weighted by atomic mass is 9.93. The minimum Gasteiger partial charge on any atom is -0.491 e. The van der Waals surface area contributed by atoms with Crippen molar-refractivity contribution in [2.24, 2.45) is 16.1 Å². The van der Waals surface area contributed by atoms with E-state index in [-0.39, 0.29) is 12.0 Å². The fraction of sp³-hybridized carbons (Fsp3) is 0.391. The van der Waals surface area contributed by atoms with Gasteiger partial charge in [0, 0.05) is 12.2 Å². The van der Waals surface area contributed by atoms with Gasteiger partial charge in [0.15, 0.2) is 5.96 Å². The number of nitrogens with one attached hydrogen (secondary N) is 2. The fourth-order valence-corrected chi connectivity index (χ4v) is 2.51. The summed E-state index contributed by atoms with van der Waals surface area (Å²) in [5.41, 5.74) is 8.00. The normalized spacial score (nSPS) is 12.0. The SMILES string of the molecule is Cc1ccccc1CN=C(NCC(C)(C)C(N)=O)Nc1ccc(OC(C)C)cc1. The second kappa shape index (κ2) is 9.96. The van der Waals surface area contributed by atoms with E-state index in [2.05, 4.69) is 29.7 Å². The standard InChI is InChI=1S/C23H32N4O2/c1-16(2)29-20-12-10-19(11-13-20)27-22(26-15-23(4,5)21(24)28)25-14-18-9-7-6-8-17(18)3/h6-13,16H,14-15H2,1-5H3,(H2,24,28)(H2,25,26,27). The molecule has 1 amide bonds. The van der Waals surface area contributed by atoms with E-state index in [1.54, 1.807) is 13.8 Å². The largest absolute Gasteiger partial charge is 0.491 e. The number of amides is 1. The number of hydrogen-bond acceptors (Lipinski definition) is 3. The number of carbonyl (C=O) groups is 1. The number of nitrogens with two attached hydrogens (primary N) is 1. The zero-order valence-corrected chi connectivity index (χ0v) is 18.0. The number of aryl methyl sites for hydroxylation is 1. The summed E-state index contributed by atoms with van der Waals surface area (Å²) >= 11 is 0. The zero-order valence-electron chi connectivity index (χ0n) is 18.0. The maximum absolute atomic E-state index is 11.6. The Morgan fingerprint density at radius 3 is 2.38 bits per heavy atom. The Kier molecular flexibility index (Phi) is 7.65. The van der Waals surface area contributed by atoms with Crippen LogP contribution in [0.2, 0.25) is 0 Å². The first-order chi connectivity index (χ1) is 13.7. The van der Waals surface area contributed by atoms with E-state index in [1.807, 2.05) is 50.2 Å². The highest BCUT2D eigenvalue weighted by atomic mass is 16.5. The molecule has 6 nitrogen and oxygen atoms in total. The molecule has 0 aromatic heterocycles. The summed E-state index contributed by atoms with van der Waals surface area (Å²) in [6.45, 7) is 10.6. The number of anilines is 1. The van der Waals surface area contributed by atoms with Crippen molar-refractivity contribution in [3.8, 4) is 5.75 Å². The van der Waals surface area contributed by atoms with Gasteiger partial charge in [-0.3, -0.25) is 4.79 Å². The van der Waals surface area contributed by atoms with Crippen LogP contribution < -0.4 is 21.1 Å². The third kappa shape index (κ3) is 7.14. The average Bonchev–Trinajstić information content (AvgIpc) is 2.66. The van der Waals surface area contributed by atoms with Crippen LogP contribution in [-0.2, 0) is 11.3 Å². The molecule has 0 radical (unpaired) electrons. The molecule has 0 unspecified atom stereocenters. The monoisotopic (exact) mass is 396 g/mol. The molecule has 0 bridgehead atoms. The van der Waals surface area contributed by atoms with E-state index in [9.17, 15) is 4.79 Å². The number of benzene rings is 2. The van der Waals surface area contributed by atoms with E-state index in [0.717, 1.165) is 17.0 Å². The summed E-state index contributed by atoms with van der Waals surface area (Å²) in [5, 5.41) is 6.53. The molecule has 0 saturated heterocycles. The smallest absolute Gasteiger partial charge is 0.224 e. The summed E-state index contributed by atoms with van der Waals surface area (Å²) in [6, 6.07) is 15.8. The first-order valence-corrected chi connectivity index (χ1v) is 9.84. The Labute approximate surface area is 173 Å². The molecule has 0 aliphatic heterocycles. The molecule has 6 heteroatoms. The predicted octanol–water partition coefficient (Wildman–Crippen LogP) is 3.85. The maximum Gasteiger partial charge on any atom is 0.224 e. The Morgan fingerprint density at radius 2 is 1.79 bits per heavy atom.